The fourth-order valence-electron chi connectivity index (χ4n) is 3.77. The van der Waals surface area contributed by atoms with E-state index >= 15 is 0 Å². The Morgan fingerprint density at radius 2 is 1.81 bits per heavy atom. The molecule has 1 aromatic heterocycles. The van der Waals surface area contributed by atoms with Gasteiger partial charge >= 0.3 is 0 Å². The summed E-state index contributed by atoms with van der Waals surface area (Å²) in [5.74, 6) is 0. The monoisotopic (exact) mass is 491 g/mol. The van der Waals surface area contributed by atoms with E-state index in [9.17, 15) is 18.5 Å². The molecule has 32 heavy (non-hydrogen) atoms. The van der Waals surface area contributed by atoms with Crippen LogP contribution in [-0.2, 0) is 16.4 Å². The van der Waals surface area contributed by atoms with Gasteiger partial charge in [0.15, 0.2) is 9.84 Å². The number of nitro benzene ring substituents is 1. The van der Waals surface area contributed by atoms with Gasteiger partial charge in [0.2, 0.25) is 0 Å². The lowest BCUT2D eigenvalue weighted by atomic mass is 10.2. The lowest BCUT2D eigenvalue weighted by Crippen LogP contribution is -2.46. The Morgan fingerprint density at radius 3 is 2.47 bits per heavy atom. The number of sulfone groups is 1. The molecule has 3 aromatic rings. The van der Waals surface area contributed by atoms with Crippen LogP contribution in [0.15, 0.2) is 59.5 Å². The topological polar surface area (TPSA) is 83.8 Å². The van der Waals surface area contributed by atoms with Gasteiger partial charge in [-0.3, -0.25) is 15.0 Å². The second-order valence-electron chi connectivity index (χ2n) is 7.72. The van der Waals surface area contributed by atoms with E-state index in [-0.39, 0.29) is 10.6 Å². The third-order valence-corrected chi connectivity index (χ3v) is 7.90. The van der Waals surface area contributed by atoms with Crippen LogP contribution in [0.25, 0.3) is 10.4 Å². The Balaban J connectivity index is 1.42. The Labute approximate surface area is 195 Å². The van der Waals surface area contributed by atoms with Gasteiger partial charge in [-0.25, -0.2) is 8.42 Å². The van der Waals surface area contributed by atoms with Crippen molar-refractivity contribution in [2.45, 2.75) is 11.4 Å². The first-order valence-electron chi connectivity index (χ1n) is 10.0. The van der Waals surface area contributed by atoms with Gasteiger partial charge in [0.05, 0.1) is 9.82 Å². The number of benzene rings is 2. The first-order chi connectivity index (χ1) is 15.2. The molecular formula is C22H22ClN3O4S2. The fourth-order valence-corrected chi connectivity index (χ4v) is 5.65. The maximum atomic E-state index is 11.8. The first-order valence-corrected chi connectivity index (χ1v) is 13.1. The van der Waals surface area contributed by atoms with Crippen LogP contribution in [-0.4, -0.2) is 50.7 Å². The molecule has 0 amide bonds. The van der Waals surface area contributed by atoms with Crippen molar-refractivity contribution < 1.29 is 13.3 Å². The average Bonchev–Trinajstić information content (AvgIpc) is 3.22. The minimum Gasteiger partial charge on any atom is -0.363 e. The van der Waals surface area contributed by atoms with Crippen molar-refractivity contribution in [3.63, 3.8) is 0 Å². The molecule has 1 saturated heterocycles. The highest BCUT2D eigenvalue weighted by Crippen LogP contribution is 2.33. The van der Waals surface area contributed by atoms with Crippen LogP contribution in [0.2, 0.25) is 5.02 Å². The molecular weight excluding hydrogens is 470 g/mol. The van der Waals surface area contributed by atoms with Crippen molar-refractivity contribution in [1.29, 1.82) is 0 Å². The zero-order valence-electron chi connectivity index (χ0n) is 17.4. The van der Waals surface area contributed by atoms with Crippen LogP contribution >= 0.6 is 22.9 Å². The van der Waals surface area contributed by atoms with Crippen LogP contribution in [0.3, 0.4) is 0 Å². The van der Waals surface area contributed by atoms with Crippen LogP contribution in [0.4, 0.5) is 11.4 Å². The van der Waals surface area contributed by atoms with Gasteiger partial charge in [-0.15, -0.1) is 11.3 Å². The number of anilines is 1. The van der Waals surface area contributed by atoms with E-state index < -0.39 is 14.8 Å². The second kappa shape index (κ2) is 9.19. The molecule has 0 aliphatic carbocycles. The standard InChI is InChI=1S/C22H22ClN3O4S2/c1-32(29,30)19-6-7-20(21(14-19)26(27)28)25-11-9-24(10-12-25)15-18-5-8-22(31-18)16-3-2-4-17(23)13-16/h2-8,13-14H,9-12,15H2,1H3. The smallest absolute Gasteiger partial charge is 0.293 e. The molecule has 0 saturated carbocycles. The van der Waals surface area contributed by atoms with Crippen molar-refractivity contribution in [1.82, 2.24) is 4.90 Å². The van der Waals surface area contributed by atoms with Gasteiger partial charge in [0.25, 0.3) is 5.69 Å². The number of halogens is 1. The summed E-state index contributed by atoms with van der Waals surface area (Å²) in [5.41, 5.74) is 1.38. The number of thiophene rings is 1. The number of nitrogens with zero attached hydrogens (tertiary/aromatic N) is 3. The summed E-state index contributed by atoms with van der Waals surface area (Å²) in [4.78, 5) is 17.7. The summed E-state index contributed by atoms with van der Waals surface area (Å²) in [6.45, 7) is 3.59. The van der Waals surface area contributed by atoms with Crippen molar-refractivity contribution in [2.75, 3.05) is 37.3 Å². The Kier molecular flexibility index (Phi) is 6.52. The fraction of sp³-hybridized carbons (Fsp3) is 0.273. The van der Waals surface area contributed by atoms with Gasteiger partial charge < -0.3 is 4.90 Å². The van der Waals surface area contributed by atoms with E-state index in [1.165, 1.54) is 15.8 Å². The van der Waals surface area contributed by atoms with E-state index in [0.717, 1.165) is 37.5 Å². The molecule has 168 valence electrons. The Hall–Kier alpha value is -2.46. The Bertz CT molecular complexity index is 1250. The van der Waals surface area contributed by atoms with E-state index in [1.807, 2.05) is 29.2 Å². The van der Waals surface area contributed by atoms with Gasteiger partial charge in [-0.2, -0.15) is 0 Å². The van der Waals surface area contributed by atoms with Crippen LogP contribution in [0.1, 0.15) is 4.88 Å². The molecule has 2 aromatic carbocycles. The molecule has 4 rings (SSSR count). The summed E-state index contributed by atoms with van der Waals surface area (Å²) in [6.07, 6.45) is 1.05. The SMILES string of the molecule is CS(=O)(=O)c1ccc(N2CCN(Cc3ccc(-c4cccc(Cl)c4)s3)CC2)c([N+](=O)[O-])c1. The van der Waals surface area contributed by atoms with E-state index in [4.69, 9.17) is 11.6 Å². The molecule has 1 fully saturated rings. The molecule has 1 aliphatic rings. The predicted molar refractivity (Wildman–Crippen MR) is 128 cm³/mol. The third kappa shape index (κ3) is 5.12. The highest BCUT2D eigenvalue weighted by molar-refractivity contribution is 7.90. The average molecular weight is 492 g/mol. The highest BCUT2D eigenvalue weighted by atomic mass is 35.5. The largest absolute Gasteiger partial charge is 0.363 e. The molecule has 0 bridgehead atoms. The maximum absolute atomic E-state index is 11.8. The molecule has 0 unspecified atom stereocenters. The summed E-state index contributed by atoms with van der Waals surface area (Å²) in [5, 5.41) is 12.3. The zero-order valence-corrected chi connectivity index (χ0v) is 19.8. The lowest BCUT2D eigenvalue weighted by Gasteiger charge is -2.35. The molecule has 0 spiro atoms. The molecule has 1 aliphatic heterocycles. The second-order valence-corrected chi connectivity index (χ2v) is 11.3. The number of rotatable bonds is 6. The van der Waals surface area contributed by atoms with Crippen LogP contribution in [0, 0.1) is 10.1 Å². The highest BCUT2D eigenvalue weighted by Gasteiger charge is 2.26. The number of hydrogen-bond donors (Lipinski definition) is 0. The molecule has 0 radical (unpaired) electrons. The van der Waals surface area contributed by atoms with Gasteiger partial charge in [0, 0.05) is 59.8 Å². The zero-order chi connectivity index (χ0) is 22.9. The van der Waals surface area contributed by atoms with E-state index in [0.29, 0.717) is 23.8 Å². The molecule has 10 heteroatoms. The maximum Gasteiger partial charge on any atom is 0.293 e. The van der Waals surface area contributed by atoms with Gasteiger partial charge in [-0.1, -0.05) is 23.7 Å². The molecule has 0 N–H and O–H groups in total. The van der Waals surface area contributed by atoms with E-state index in [1.54, 1.807) is 17.4 Å². The molecule has 7 nitrogen and oxygen atoms in total. The summed E-state index contributed by atoms with van der Waals surface area (Å²) in [6, 6.07) is 16.2. The van der Waals surface area contributed by atoms with Gasteiger partial charge in [0.1, 0.15) is 5.69 Å². The van der Waals surface area contributed by atoms with Crippen LogP contribution in [0.5, 0.6) is 0 Å². The number of hydrogen-bond acceptors (Lipinski definition) is 7. The normalized spacial score (nSPS) is 15.1. The van der Waals surface area contributed by atoms with E-state index in [2.05, 4.69) is 17.0 Å². The number of piperazine rings is 1. The minimum absolute atomic E-state index is 0.0419. The summed E-state index contributed by atoms with van der Waals surface area (Å²) in [7, 11) is -3.51. The Morgan fingerprint density at radius 1 is 1.06 bits per heavy atom. The predicted octanol–water partition coefficient (Wildman–Crippen LogP) is 4.70. The molecule has 0 atom stereocenters. The lowest BCUT2D eigenvalue weighted by molar-refractivity contribution is -0.384. The van der Waals surface area contributed by atoms with Crippen molar-refractivity contribution in [3.05, 3.63) is 74.6 Å². The van der Waals surface area contributed by atoms with Crippen LogP contribution < -0.4 is 4.90 Å². The van der Waals surface area contributed by atoms with Crippen molar-refractivity contribution in [2.24, 2.45) is 0 Å². The van der Waals surface area contributed by atoms with Crippen molar-refractivity contribution in [3.8, 4) is 10.4 Å². The quantitative estimate of drug-likeness (QED) is 0.367. The number of nitro groups is 1. The third-order valence-electron chi connectivity index (χ3n) is 5.43. The summed E-state index contributed by atoms with van der Waals surface area (Å²) < 4.78 is 23.5. The molecule has 2 heterocycles. The van der Waals surface area contributed by atoms with Crippen molar-refractivity contribution >= 4 is 44.1 Å². The first kappa shape index (κ1) is 22.7. The minimum atomic E-state index is -3.51. The van der Waals surface area contributed by atoms with Gasteiger partial charge in [-0.05, 0) is 42.0 Å². The summed E-state index contributed by atoms with van der Waals surface area (Å²) >= 11 is 7.84.